The first-order valence-corrected chi connectivity index (χ1v) is 8.04. The average molecular weight is 319 g/mol. The fraction of sp³-hybridized carbons (Fsp3) is 0.529. The van der Waals surface area contributed by atoms with Crippen LogP contribution in [-0.2, 0) is 4.79 Å². The number of carbonyl (C=O) groups excluding carboxylic acids is 2. The summed E-state index contributed by atoms with van der Waals surface area (Å²) in [5.41, 5.74) is 1.11. The lowest BCUT2D eigenvalue weighted by atomic mass is 10.2. The summed E-state index contributed by atoms with van der Waals surface area (Å²) in [6, 6.07) is 7.82. The summed E-state index contributed by atoms with van der Waals surface area (Å²) in [4.78, 5) is 26.8. The van der Waals surface area contributed by atoms with E-state index >= 15 is 0 Å². The van der Waals surface area contributed by atoms with Gasteiger partial charge in [-0.3, -0.25) is 4.79 Å². The van der Waals surface area contributed by atoms with Gasteiger partial charge < -0.3 is 19.9 Å². The maximum atomic E-state index is 12.0. The second-order valence-corrected chi connectivity index (χ2v) is 5.69. The lowest BCUT2D eigenvalue weighted by molar-refractivity contribution is -0.130. The summed E-state index contributed by atoms with van der Waals surface area (Å²) in [5, 5.41) is 2.90. The number of ether oxygens (including phenoxy) is 1. The van der Waals surface area contributed by atoms with Crippen molar-refractivity contribution in [3.63, 3.8) is 0 Å². The number of urea groups is 1. The van der Waals surface area contributed by atoms with Crippen molar-refractivity contribution in [1.82, 2.24) is 15.1 Å². The molecule has 0 spiro atoms. The number of aryl methyl sites for hydroxylation is 1. The van der Waals surface area contributed by atoms with Gasteiger partial charge in [0.25, 0.3) is 0 Å². The minimum absolute atomic E-state index is 0.0657. The lowest BCUT2D eigenvalue weighted by Crippen LogP contribution is -2.52. The molecule has 0 aliphatic carbocycles. The number of piperazine rings is 1. The second kappa shape index (κ2) is 8.41. The van der Waals surface area contributed by atoms with Crippen LogP contribution >= 0.6 is 0 Å². The van der Waals surface area contributed by atoms with Gasteiger partial charge in [-0.2, -0.15) is 0 Å². The lowest BCUT2D eigenvalue weighted by Gasteiger charge is -2.34. The van der Waals surface area contributed by atoms with Crippen molar-refractivity contribution in [2.75, 3.05) is 39.3 Å². The zero-order chi connectivity index (χ0) is 16.7. The zero-order valence-corrected chi connectivity index (χ0v) is 13.9. The Balaban J connectivity index is 1.60. The molecule has 0 aromatic heterocycles. The van der Waals surface area contributed by atoms with Gasteiger partial charge in [0.2, 0.25) is 5.91 Å². The molecule has 2 rings (SSSR count). The van der Waals surface area contributed by atoms with E-state index in [0.717, 1.165) is 17.7 Å². The van der Waals surface area contributed by atoms with E-state index in [9.17, 15) is 9.59 Å². The van der Waals surface area contributed by atoms with Crippen LogP contribution in [0.25, 0.3) is 0 Å². The highest BCUT2D eigenvalue weighted by atomic mass is 16.5. The van der Waals surface area contributed by atoms with Crippen LogP contribution in [-0.4, -0.2) is 61.1 Å². The van der Waals surface area contributed by atoms with Crippen LogP contribution in [0.4, 0.5) is 4.79 Å². The quantitative estimate of drug-likeness (QED) is 0.839. The molecule has 0 unspecified atom stereocenters. The first kappa shape index (κ1) is 17.1. The van der Waals surface area contributed by atoms with E-state index in [4.69, 9.17) is 4.74 Å². The topological polar surface area (TPSA) is 61.9 Å². The molecule has 126 valence electrons. The second-order valence-electron chi connectivity index (χ2n) is 5.69. The number of rotatable bonds is 5. The largest absolute Gasteiger partial charge is 0.493 e. The van der Waals surface area contributed by atoms with Crippen LogP contribution in [0.3, 0.4) is 0 Å². The summed E-state index contributed by atoms with van der Waals surface area (Å²) in [5.74, 6) is 0.956. The van der Waals surface area contributed by atoms with Gasteiger partial charge in [-0.15, -0.1) is 0 Å². The molecule has 1 aromatic carbocycles. The minimum Gasteiger partial charge on any atom is -0.493 e. The Labute approximate surface area is 137 Å². The molecule has 1 aliphatic rings. The smallest absolute Gasteiger partial charge is 0.317 e. The third-order valence-corrected chi connectivity index (χ3v) is 3.96. The molecule has 1 saturated heterocycles. The zero-order valence-electron chi connectivity index (χ0n) is 13.9. The Morgan fingerprint density at radius 3 is 2.43 bits per heavy atom. The third-order valence-electron chi connectivity index (χ3n) is 3.96. The Kier molecular flexibility index (Phi) is 6.26. The van der Waals surface area contributed by atoms with E-state index in [1.165, 1.54) is 0 Å². The number of carbonyl (C=O) groups is 2. The van der Waals surface area contributed by atoms with Crippen LogP contribution < -0.4 is 10.1 Å². The van der Waals surface area contributed by atoms with E-state index in [1.807, 2.05) is 31.2 Å². The van der Waals surface area contributed by atoms with Crippen molar-refractivity contribution in [3.05, 3.63) is 29.8 Å². The molecule has 6 nitrogen and oxygen atoms in total. The van der Waals surface area contributed by atoms with Gasteiger partial charge in [-0.1, -0.05) is 18.2 Å². The van der Waals surface area contributed by atoms with Crippen LogP contribution in [0, 0.1) is 6.92 Å². The third kappa shape index (κ3) is 5.16. The normalized spacial score (nSPS) is 14.5. The Bertz CT molecular complexity index is 540. The van der Waals surface area contributed by atoms with Crippen LogP contribution in [0.1, 0.15) is 18.9 Å². The number of nitrogens with one attached hydrogen (secondary N) is 1. The molecule has 6 heteroatoms. The maximum absolute atomic E-state index is 12.0. The first-order valence-electron chi connectivity index (χ1n) is 8.04. The van der Waals surface area contributed by atoms with Crippen molar-refractivity contribution >= 4 is 11.9 Å². The van der Waals surface area contributed by atoms with E-state index in [2.05, 4.69) is 5.32 Å². The molecular formula is C17H25N3O3. The molecule has 1 N–H and O–H groups in total. The molecule has 0 bridgehead atoms. The number of hydrogen-bond acceptors (Lipinski definition) is 3. The molecule has 23 heavy (non-hydrogen) atoms. The van der Waals surface area contributed by atoms with E-state index in [0.29, 0.717) is 39.3 Å². The summed E-state index contributed by atoms with van der Waals surface area (Å²) < 4.78 is 5.70. The van der Waals surface area contributed by atoms with Crippen molar-refractivity contribution in [1.29, 1.82) is 0 Å². The van der Waals surface area contributed by atoms with Crippen LogP contribution in [0.5, 0.6) is 5.75 Å². The van der Waals surface area contributed by atoms with Gasteiger partial charge in [0, 0.05) is 39.6 Å². The molecule has 0 atom stereocenters. The van der Waals surface area contributed by atoms with Crippen molar-refractivity contribution in [2.45, 2.75) is 20.3 Å². The standard InChI is InChI=1S/C17H25N3O3/c1-14-6-3-4-7-16(14)23-13-5-8-18-17(22)20-11-9-19(10-12-20)15(2)21/h3-4,6-7H,5,8-13H2,1-2H3,(H,18,22). The molecule has 0 radical (unpaired) electrons. The molecule has 3 amide bonds. The van der Waals surface area contributed by atoms with E-state index in [-0.39, 0.29) is 11.9 Å². The van der Waals surface area contributed by atoms with Crippen molar-refractivity contribution in [2.24, 2.45) is 0 Å². The van der Waals surface area contributed by atoms with Gasteiger partial charge in [-0.05, 0) is 25.0 Å². The summed E-state index contributed by atoms with van der Waals surface area (Å²) in [7, 11) is 0. The molecule has 1 heterocycles. The van der Waals surface area contributed by atoms with Crippen molar-refractivity contribution < 1.29 is 14.3 Å². The SMILES string of the molecule is CC(=O)N1CCN(C(=O)NCCCOc2ccccc2C)CC1. The van der Waals surface area contributed by atoms with Gasteiger partial charge in [0.05, 0.1) is 6.61 Å². The van der Waals surface area contributed by atoms with Crippen LogP contribution in [0.15, 0.2) is 24.3 Å². The fourth-order valence-corrected chi connectivity index (χ4v) is 2.50. The molecule has 1 aromatic rings. The summed E-state index contributed by atoms with van der Waals surface area (Å²) in [6.07, 6.45) is 0.757. The Hall–Kier alpha value is -2.24. The monoisotopic (exact) mass is 319 g/mol. The highest BCUT2D eigenvalue weighted by Gasteiger charge is 2.21. The first-order chi connectivity index (χ1) is 11.1. The highest BCUT2D eigenvalue weighted by Crippen LogP contribution is 2.15. The molecule has 0 saturated carbocycles. The van der Waals surface area contributed by atoms with E-state index in [1.54, 1.807) is 16.7 Å². The minimum atomic E-state index is -0.0657. The Morgan fingerprint density at radius 2 is 1.78 bits per heavy atom. The fourth-order valence-electron chi connectivity index (χ4n) is 2.50. The van der Waals surface area contributed by atoms with Crippen molar-refractivity contribution in [3.8, 4) is 5.75 Å². The predicted octanol–water partition coefficient (Wildman–Crippen LogP) is 1.64. The number of benzene rings is 1. The van der Waals surface area contributed by atoms with Crippen LogP contribution in [0.2, 0.25) is 0 Å². The number of nitrogens with zero attached hydrogens (tertiary/aromatic N) is 2. The Morgan fingerprint density at radius 1 is 1.13 bits per heavy atom. The maximum Gasteiger partial charge on any atom is 0.317 e. The predicted molar refractivity (Wildman–Crippen MR) is 88.5 cm³/mol. The highest BCUT2D eigenvalue weighted by molar-refractivity contribution is 5.76. The molecule has 1 aliphatic heterocycles. The van der Waals surface area contributed by atoms with E-state index < -0.39 is 0 Å². The van der Waals surface area contributed by atoms with Gasteiger partial charge >= 0.3 is 6.03 Å². The number of amides is 3. The summed E-state index contributed by atoms with van der Waals surface area (Å²) >= 11 is 0. The number of para-hydroxylation sites is 1. The summed E-state index contributed by atoms with van der Waals surface area (Å²) in [6.45, 7) is 7.12. The molecular weight excluding hydrogens is 294 g/mol. The van der Waals surface area contributed by atoms with Gasteiger partial charge in [0.1, 0.15) is 5.75 Å². The van der Waals surface area contributed by atoms with Gasteiger partial charge in [-0.25, -0.2) is 4.79 Å². The average Bonchev–Trinajstić information content (AvgIpc) is 2.56. The molecule has 1 fully saturated rings. The van der Waals surface area contributed by atoms with Gasteiger partial charge in [0.15, 0.2) is 0 Å². The number of hydrogen-bond donors (Lipinski definition) is 1.